The van der Waals surface area contributed by atoms with Gasteiger partial charge >= 0.3 is 0 Å². The molecule has 0 aliphatic carbocycles. The third-order valence-corrected chi connectivity index (χ3v) is 6.56. The van der Waals surface area contributed by atoms with Gasteiger partial charge in [0, 0.05) is 18.2 Å². The van der Waals surface area contributed by atoms with E-state index < -0.39 is 22.0 Å². The summed E-state index contributed by atoms with van der Waals surface area (Å²) in [6, 6.07) is 10.5. The van der Waals surface area contributed by atoms with Crippen LogP contribution in [0.1, 0.15) is 32.8 Å². The van der Waals surface area contributed by atoms with Gasteiger partial charge in [-0.2, -0.15) is 0 Å². The first kappa shape index (κ1) is 23.3. The normalized spacial score (nSPS) is 17.1. The van der Waals surface area contributed by atoms with E-state index in [1.165, 1.54) is 20.1 Å². The Morgan fingerprint density at radius 1 is 1.16 bits per heavy atom. The number of amides is 2. The summed E-state index contributed by atoms with van der Waals surface area (Å²) >= 11 is 0. The zero-order valence-electron chi connectivity index (χ0n) is 18.3. The predicted molar refractivity (Wildman–Crippen MR) is 122 cm³/mol. The van der Waals surface area contributed by atoms with Gasteiger partial charge in [0.05, 0.1) is 17.7 Å². The summed E-state index contributed by atoms with van der Waals surface area (Å²) in [6.07, 6.45) is 0.656. The number of anilines is 2. The molecular weight excluding hydrogens is 432 g/mol. The Morgan fingerprint density at radius 3 is 2.53 bits per heavy atom. The van der Waals surface area contributed by atoms with Crippen molar-refractivity contribution in [1.82, 2.24) is 4.72 Å². The summed E-state index contributed by atoms with van der Waals surface area (Å²) in [7, 11) is -2.23. The summed E-state index contributed by atoms with van der Waals surface area (Å²) in [5, 5.41) is 5.47. The maximum atomic E-state index is 13.1. The molecular formula is C22H26N4O5S. The quantitative estimate of drug-likeness (QED) is 0.588. The first-order chi connectivity index (χ1) is 15.2. The molecule has 0 saturated heterocycles. The molecule has 0 radical (unpaired) electrons. The Hall–Kier alpha value is -3.40. The molecule has 0 bridgehead atoms. The molecule has 3 N–H and O–H groups in total. The largest absolute Gasteiger partial charge is 0.495 e. The molecule has 1 heterocycles. The number of rotatable bonds is 7. The second-order valence-corrected chi connectivity index (χ2v) is 9.15. The lowest BCUT2D eigenvalue weighted by Crippen LogP contribution is -2.34. The van der Waals surface area contributed by atoms with E-state index in [0.29, 0.717) is 29.1 Å². The lowest BCUT2D eigenvalue weighted by Gasteiger charge is -2.20. The van der Waals surface area contributed by atoms with Gasteiger partial charge in [-0.15, -0.1) is 0 Å². The Kier molecular flexibility index (Phi) is 6.83. The molecule has 1 aliphatic rings. The number of hydrogen-bond acceptors (Lipinski definition) is 6. The van der Waals surface area contributed by atoms with Crippen LogP contribution in [-0.4, -0.2) is 39.2 Å². The SMILES string of the molecule is CC[C@H](C)[C@H](N=C1NS(=O)(=O)c2ccccc21)C(=O)Nc1ccc(OC)c(NC(C)=O)c1. The third-order valence-electron chi connectivity index (χ3n) is 5.16. The van der Waals surface area contributed by atoms with E-state index in [1.807, 2.05) is 13.8 Å². The number of fused-ring (bicyclic) bond motifs is 1. The molecule has 0 unspecified atom stereocenters. The molecule has 0 aromatic heterocycles. The van der Waals surface area contributed by atoms with Crippen LogP contribution >= 0.6 is 0 Å². The number of sulfonamides is 1. The van der Waals surface area contributed by atoms with Gasteiger partial charge < -0.3 is 15.4 Å². The number of nitrogens with one attached hydrogen (secondary N) is 3. The van der Waals surface area contributed by atoms with E-state index in [1.54, 1.807) is 36.4 Å². The number of amidine groups is 1. The van der Waals surface area contributed by atoms with Crippen LogP contribution in [0.4, 0.5) is 11.4 Å². The number of nitrogens with zero attached hydrogens (tertiary/aromatic N) is 1. The van der Waals surface area contributed by atoms with Crippen molar-refractivity contribution < 1.29 is 22.7 Å². The van der Waals surface area contributed by atoms with Crippen molar-refractivity contribution in [1.29, 1.82) is 0 Å². The average molecular weight is 459 g/mol. The van der Waals surface area contributed by atoms with Crippen LogP contribution in [0.5, 0.6) is 5.75 Å². The molecule has 2 aromatic rings. The minimum atomic E-state index is -3.71. The first-order valence-electron chi connectivity index (χ1n) is 10.1. The highest BCUT2D eigenvalue weighted by molar-refractivity contribution is 7.90. The van der Waals surface area contributed by atoms with Gasteiger partial charge in [-0.1, -0.05) is 32.4 Å². The van der Waals surface area contributed by atoms with E-state index >= 15 is 0 Å². The summed E-state index contributed by atoms with van der Waals surface area (Å²) < 4.78 is 32.5. The molecule has 10 heteroatoms. The van der Waals surface area contributed by atoms with Crippen LogP contribution in [0.25, 0.3) is 0 Å². The highest BCUT2D eigenvalue weighted by Gasteiger charge is 2.33. The molecule has 3 rings (SSSR count). The third kappa shape index (κ3) is 4.91. The van der Waals surface area contributed by atoms with Crippen molar-refractivity contribution in [2.45, 2.75) is 38.1 Å². The van der Waals surface area contributed by atoms with Gasteiger partial charge in [-0.3, -0.25) is 19.3 Å². The number of ether oxygens (including phenoxy) is 1. The van der Waals surface area contributed by atoms with Crippen LogP contribution < -0.4 is 20.1 Å². The van der Waals surface area contributed by atoms with Crippen molar-refractivity contribution in [2.24, 2.45) is 10.9 Å². The molecule has 9 nitrogen and oxygen atoms in total. The Balaban J connectivity index is 1.92. The van der Waals surface area contributed by atoms with Gasteiger partial charge in [0.1, 0.15) is 17.6 Å². The zero-order valence-corrected chi connectivity index (χ0v) is 19.1. The van der Waals surface area contributed by atoms with E-state index in [9.17, 15) is 18.0 Å². The number of aliphatic imine (C=N–C) groups is 1. The Labute approximate surface area is 187 Å². The highest BCUT2D eigenvalue weighted by atomic mass is 32.2. The van der Waals surface area contributed by atoms with Crippen LogP contribution in [0.3, 0.4) is 0 Å². The standard InChI is InChI=1S/C22H26N4O5S/c1-5-13(2)20(25-21-16-8-6-7-9-19(16)32(29,30)26-21)22(28)24-15-10-11-18(31-4)17(12-15)23-14(3)27/h6-13,20H,5H2,1-4H3,(H,23,27)(H,24,28)(H,25,26)/t13-,20-/m0/s1. The number of methoxy groups -OCH3 is 1. The predicted octanol–water partition coefficient (Wildman–Crippen LogP) is 2.75. The van der Waals surface area contributed by atoms with Crippen LogP contribution in [0.2, 0.25) is 0 Å². The van der Waals surface area contributed by atoms with Gasteiger partial charge in [0.2, 0.25) is 11.8 Å². The lowest BCUT2D eigenvalue weighted by atomic mass is 9.98. The van der Waals surface area contributed by atoms with Crippen molar-refractivity contribution in [3.05, 3.63) is 48.0 Å². The fourth-order valence-corrected chi connectivity index (χ4v) is 4.56. The van der Waals surface area contributed by atoms with Gasteiger partial charge in [0.25, 0.3) is 10.0 Å². The van der Waals surface area contributed by atoms with E-state index in [4.69, 9.17) is 4.74 Å². The topological polar surface area (TPSA) is 126 Å². The highest BCUT2D eigenvalue weighted by Crippen LogP contribution is 2.29. The molecule has 170 valence electrons. The number of benzene rings is 2. The zero-order chi connectivity index (χ0) is 23.5. The first-order valence-corrected chi connectivity index (χ1v) is 11.6. The van der Waals surface area contributed by atoms with Crippen LogP contribution in [0.15, 0.2) is 52.4 Å². The van der Waals surface area contributed by atoms with Crippen molar-refractivity contribution in [3.63, 3.8) is 0 Å². The van der Waals surface area contributed by atoms with E-state index in [2.05, 4.69) is 20.3 Å². The van der Waals surface area contributed by atoms with Gasteiger partial charge in [-0.25, -0.2) is 8.42 Å². The fraction of sp³-hybridized carbons (Fsp3) is 0.318. The van der Waals surface area contributed by atoms with Crippen LogP contribution in [-0.2, 0) is 19.6 Å². The maximum absolute atomic E-state index is 13.1. The second-order valence-electron chi connectivity index (χ2n) is 7.50. The molecule has 32 heavy (non-hydrogen) atoms. The molecule has 2 atom stereocenters. The molecule has 2 amide bonds. The number of hydrogen-bond donors (Lipinski definition) is 3. The van der Waals surface area contributed by atoms with Gasteiger partial charge in [-0.05, 0) is 36.2 Å². The number of carbonyl (C=O) groups excluding carboxylic acids is 2. The van der Waals surface area contributed by atoms with E-state index in [0.717, 1.165) is 0 Å². The summed E-state index contributed by atoms with van der Waals surface area (Å²) in [6.45, 7) is 5.18. The molecule has 0 fully saturated rings. The van der Waals surface area contributed by atoms with Crippen LogP contribution in [0, 0.1) is 5.92 Å². The molecule has 0 spiro atoms. The summed E-state index contributed by atoms with van der Waals surface area (Å²) in [4.78, 5) is 29.3. The minimum absolute atomic E-state index is 0.136. The monoisotopic (exact) mass is 458 g/mol. The second kappa shape index (κ2) is 9.39. The smallest absolute Gasteiger partial charge is 0.263 e. The molecule has 2 aromatic carbocycles. The number of carbonyl (C=O) groups is 2. The lowest BCUT2D eigenvalue weighted by molar-refractivity contribution is -0.118. The maximum Gasteiger partial charge on any atom is 0.263 e. The minimum Gasteiger partial charge on any atom is -0.495 e. The van der Waals surface area contributed by atoms with Crippen molar-refractivity contribution in [3.8, 4) is 5.75 Å². The average Bonchev–Trinajstić information content (AvgIpc) is 3.01. The molecule has 1 aliphatic heterocycles. The Morgan fingerprint density at radius 2 is 1.88 bits per heavy atom. The van der Waals surface area contributed by atoms with Crippen molar-refractivity contribution >= 4 is 39.0 Å². The van der Waals surface area contributed by atoms with E-state index in [-0.39, 0.29) is 22.6 Å². The summed E-state index contributed by atoms with van der Waals surface area (Å²) in [5.41, 5.74) is 1.30. The molecule has 0 saturated carbocycles. The summed E-state index contributed by atoms with van der Waals surface area (Å²) in [5.74, 6) is -0.228. The Bertz CT molecular complexity index is 1180. The van der Waals surface area contributed by atoms with Crippen molar-refractivity contribution in [2.75, 3.05) is 17.7 Å². The van der Waals surface area contributed by atoms with Gasteiger partial charge in [0.15, 0.2) is 0 Å². The fourth-order valence-electron chi connectivity index (χ4n) is 3.33.